The molecule has 0 heterocycles. The first-order valence-electron chi connectivity index (χ1n) is 3.47. The fourth-order valence-corrected chi connectivity index (χ4v) is 2.53. The Hall–Kier alpha value is 1.34. The van der Waals surface area contributed by atoms with Crippen LogP contribution >= 0.6 is 78.3 Å². The molecule has 6 heteroatoms. The highest BCUT2D eigenvalue weighted by Gasteiger charge is 2.25. The van der Waals surface area contributed by atoms with Crippen LogP contribution in [0.25, 0.3) is 0 Å². The van der Waals surface area contributed by atoms with Crippen LogP contribution in [0.3, 0.4) is 0 Å². The van der Waals surface area contributed by atoms with Gasteiger partial charge in [0.2, 0.25) is 0 Å². The molecule has 0 aromatic heterocycles. The first kappa shape index (κ1) is 13.4. The molecule has 1 aromatic carbocycles. The van der Waals surface area contributed by atoms with Crippen molar-refractivity contribution in [1.29, 1.82) is 0 Å². The van der Waals surface area contributed by atoms with Gasteiger partial charge in [0, 0.05) is 10.6 Å². The zero-order chi connectivity index (χ0) is 10.9. The third kappa shape index (κ3) is 3.43. The molecule has 1 atom stereocenters. The molecule has 1 rings (SSSR count). The lowest BCUT2D eigenvalue weighted by atomic mass is 10.2. The average molecular weight is 402 g/mol. The summed E-state index contributed by atoms with van der Waals surface area (Å²) in [4.78, 5) is 0. The van der Waals surface area contributed by atoms with Gasteiger partial charge in [0.15, 0.2) is 3.24 Å². The summed E-state index contributed by atoms with van der Waals surface area (Å²) in [6.07, 6.45) is 0. The molecule has 0 N–H and O–H groups in total. The molecule has 0 radical (unpaired) electrons. The lowest BCUT2D eigenvalue weighted by molar-refractivity contribution is 1.26. The molecule has 0 amide bonds. The Kier molecular flexibility index (Phi) is 4.90. The van der Waals surface area contributed by atoms with Crippen molar-refractivity contribution in [3.05, 3.63) is 34.3 Å². The van der Waals surface area contributed by atoms with E-state index >= 15 is 0 Å². The first-order chi connectivity index (χ1) is 6.32. The minimum atomic E-state index is -1.17. The van der Waals surface area contributed by atoms with Gasteiger partial charge in [0.25, 0.3) is 0 Å². The van der Waals surface area contributed by atoms with Gasteiger partial charge in [-0.25, -0.2) is 0 Å². The molecular formula is C8H4Br2Cl4. The number of rotatable bonds is 2. The molecule has 0 aliphatic heterocycles. The molecule has 14 heavy (non-hydrogen) atoms. The zero-order valence-electron chi connectivity index (χ0n) is 6.58. The van der Waals surface area contributed by atoms with Gasteiger partial charge < -0.3 is 0 Å². The van der Waals surface area contributed by atoms with E-state index in [0.29, 0.717) is 10.6 Å². The Morgan fingerprint density at radius 2 is 1.86 bits per heavy atom. The number of hydrogen-bond acceptors (Lipinski definition) is 0. The van der Waals surface area contributed by atoms with Crippen LogP contribution in [-0.4, -0.2) is 0 Å². The minimum absolute atomic E-state index is 0.274. The van der Waals surface area contributed by atoms with Gasteiger partial charge in [-0.3, -0.25) is 0 Å². The average Bonchev–Trinajstić information content (AvgIpc) is 2.01. The van der Waals surface area contributed by atoms with E-state index in [9.17, 15) is 0 Å². The summed E-state index contributed by atoms with van der Waals surface area (Å²) in [5, 5.41) is 0.467. The molecule has 0 spiro atoms. The third-order valence-electron chi connectivity index (χ3n) is 1.55. The SMILES string of the molecule is Clc1cc(C(Cl)Br)ccc1C(Cl)(Cl)Br. The summed E-state index contributed by atoms with van der Waals surface area (Å²) in [5.74, 6) is 0. The highest BCUT2D eigenvalue weighted by atomic mass is 79.9. The Balaban J connectivity index is 3.15. The van der Waals surface area contributed by atoms with E-state index in [-0.39, 0.29) is 4.29 Å². The maximum atomic E-state index is 5.98. The molecule has 0 aliphatic rings. The van der Waals surface area contributed by atoms with Gasteiger partial charge in [-0.2, -0.15) is 0 Å². The Bertz CT molecular complexity index is 333. The zero-order valence-corrected chi connectivity index (χ0v) is 12.8. The monoisotopic (exact) mass is 398 g/mol. The summed E-state index contributed by atoms with van der Waals surface area (Å²) >= 11 is 29.8. The lowest BCUT2D eigenvalue weighted by Crippen LogP contribution is -2.00. The second kappa shape index (κ2) is 5.11. The smallest absolute Gasteiger partial charge is 0.105 e. The van der Waals surface area contributed by atoms with Gasteiger partial charge in [-0.05, 0) is 27.6 Å². The van der Waals surface area contributed by atoms with Crippen molar-refractivity contribution < 1.29 is 0 Å². The van der Waals surface area contributed by atoms with Gasteiger partial charge in [-0.1, -0.05) is 62.9 Å². The van der Waals surface area contributed by atoms with E-state index in [0.717, 1.165) is 5.56 Å². The van der Waals surface area contributed by atoms with Crippen molar-refractivity contribution in [2.45, 2.75) is 7.53 Å². The fourth-order valence-electron chi connectivity index (χ4n) is 0.897. The maximum absolute atomic E-state index is 5.98. The third-order valence-corrected chi connectivity index (χ3v) is 3.48. The van der Waals surface area contributed by atoms with Crippen LogP contribution in [0, 0.1) is 0 Å². The highest BCUT2D eigenvalue weighted by molar-refractivity contribution is 9.10. The van der Waals surface area contributed by atoms with Crippen molar-refractivity contribution in [3.63, 3.8) is 0 Å². The van der Waals surface area contributed by atoms with Crippen LogP contribution in [0.5, 0.6) is 0 Å². The van der Waals surface area contributed by atoms with Crippen LogP contribution < -0.4 is 0 Å². The number of alkyl halides is 5. The molecule has 78 valence electrons. The number of hydrogen-bond donors (Lipinski definition) is 0. The predicted molar refractivity (Wildman–Crippen MR) is 71.3 cm³/mol. The maximum Gasteiger partial charge on any atom is 0.198 e. The molecule has 0 saturated heterocycles. The molecule has 0 aliphatic carbocycles. The summed E-state index contributed by atoms with van der Waals surface area (Å²) in [6, 6.07) is 5.24. The first-order valence-corrected chi connectivity index (χ1v) is 6.75. The lowest BCUT2D eigenvalue weighted by Gasteiger charge is -2.14. The van der Waals surface area contributed by atoms with E-state index < -0.39 is 3.24 Å². The number of halogens is 6. The summed E-state index contributed by atoms with van der Waals surface area (Å²) in [5.41, 5.74) is 1.45. The fraction of sp³-hybridized carbons (Fsp3) is 0.250. The molecule has 0 fully saturated rings. The topological polar surface area (TPSA) is 0 Å². The van der Waals surface area contributed by atoms with E-state index in [2.05, 4.69) is 31.9 Å². The van der Waals surface area contributed by atoms with Gasteiger partial charge >= 0.3 is 0 Å². The largest absolute Gasteiger partial charge is 0.198 e. The van der Waals surface area contributed by atoms with Crippen molar-refractivity contribution >= 4 is 78.3 Å². The van der Waals surface area contributed by atoms with Gasteiger partial charge in [0.05, 0.1) is 0 Å². The van der Waals surface area contributed by atoms with Crippen molar-refractivity contribution in [2.24, 2.45) is 0 Å². The quantitative estimate of drug-likeness (QED) is 0.537. The molecule has 0 bridgehead atoms. The van der Waals surface area contributed by atoms with E-state index in [4.69, 9.17) is 46.4 Å². The van der Waals surface area contributed by atoms with Gasteiger partial charge in [-0.15, -0.1) is 11.6 Å². The van der Waals surface area contributed by atoms with Crippen LogP contribution in [0.2, 0.25) is 5.02 Å². The standard InChI is InChI=1S/C8H4Br2Cl4/c9-7(12)4-1-2-5(6(11)3-4)8(10,13)14/h1-3,7H. The Morgan fingerprint density at radius 3 is 2.21 bits per heavy atom. The number of benzene rings is 1. The second-order valence-corrected chi connectivity index (χ2v) is 8.25. The van der Waals surface area contributed by atoms with Crippen LogP contribution in [0.1, 0.15) is 15.4 Å². The Morgan fingerprint density at radius 1 is 1.29 bits per heavy atom. The molecule has 0 nitrogen and oxygen atoms in total. The predicted octanol–water partition coefficient (Wildman–Crippen LogP) is 5.96. The molecule has 1 unspecified atom stereocenters. The van der Waals surface area contributed by atoms with Crippen molar-refractivity contribution in [3.8, 4) is 0 Å². The molecular weight excluding hydrogens is 398 g/mol. The Labute approximate surface area is 119 Å². The van der Waals surface area contributed by atoms with Crippen LogP contribution in [0.4, 0.5) is 0 Å². The molecule has 1 aromatic rings. The summed E-state index contributed by atoms with van der Waals surface area (Å²) < 4.78 is -1.44. The summed E-state index contributed by atoms with van der Waals surface area (Å²) in [7, 11) is 0. The van der Waals surface area contributed by atoms with Gasteiger partial charge in [0.1, 0.15) is 4.29 Å². The normalized spacial score (nSPS) is 14.1. The second-order valence-electron chi connectivity index (χ2n) is 2.54. The summed E-state index contributed by atoms with van der Waals surface area (Å²) in [6.45, 7) is 0. The van der Waals surface area contributed by atoms with Crippen LogP contribution in [-0.2, 0) is 3.24 Å². The highest BCUT2D eigenvalue weighted by Crippen LogP contribution is 2.44. The minimum Gasteiger partial charge on any atom is -0.105 e. The van der Waals surface area contributed by atoms with E-state index in [1.165, 1.54) is 0 Å². The van der Waals surface area contributed by atoms with E-state index in [1.54, 1.807) is 18.2 Å². The molecule has 0 saturated carbocycles. The van der Waals surface area contributed by atoms with Crippen LogP contribution in [0.15, 0.2) is 18.2 Å². The van der Waals surface area contributed by atoms with Crippen molar-refractivity contribution in [1.82, 2.24) is 0 Å². The van der Waals surface area contributed by atoms with Crippen molar-refractivity contribution in [2.75, 3.05) is 0 Å². The van der Waals surface area contributed by atoms with E-state index in [1.807, 2.05) is 0 Å².